The lowest BCUT2D eigenvalue weighted by atomic mass is 9.99. The number of aromatic hydroxyl groups is 1. The van der Waals surface area contributed by atoms with E-state index in [0.29, 0.717) is 22.6 Å². The molecule has 5 unspecified atom stereocenters. The van der Waals surface area contributed by atoms with Gasteiger partial charge in [0.2, 0.25) is 17.5 Å². The normalized spacial score (nSPS) is 26.4. The number of aliphatic hydroxyl groups excluding tert-OH is 3. The van der Waals surface area contributed by atoms with Crippen molar-refractivity contribution in [2.45, 2.75) is 57.1 Å². The number of phenolic OH excluding ortho intramolecular Hbond substituents is 1. The van der Waals surface area contributed by atoms with Crippen LogP contribution in [0, 0.1) is 0 Å². The third-order valence-electron chi connectivity index (χ3n) is 6.52. The summed E-state index contributed by atoms with van der Waals surface area (Å²) in [7, 11) is 1.52. The second kappa shape index (κ2) is 9.07. The third kappa shape index (κ3) is 4.31. The van der Waals surface area contributed by atoms with Gasteiger partial charge >= 0.3 is 0 Å². The van der Waals surface area contributed by atoms with Crippen molar-refractivity contribution in [3.8, 4) is 34.3 Å². The smallest absolute Gasteiger partial charge is 0.239 e. The van der Waals surface area contributed by atoms with E-state index in [1.54, 1.807) is 30.3 Å². The number of methoxy groups -OCH3 is 1. The molecule has 196 valence electrons. The predicted octanol–water partition coefficient (Wildman–Crippen LogP) is 2.56. The Morgan fingerprint density at radius 2 is 1.73 bits per heavy atom. The summed E-state index contributed by atoms with van der Waals surface area (Å²) in [6, 6.07) is 7.98. The van der Waals surface area contributed by atoms with Crippen LogP contribution >= 0.6 is 0 Å². The topological polar surface area (TPSA) is 148 Å². The molecule has 5 atom stereocenters. The Labute approximate surface area is 211 Å². The highest BCUT2D eigenvalue weighted by Crippen LogP contribution is 2.43. The zero-order chi connectivity index (χ0) is 26.6. The van der Waals surface area contributed by atoms with E-state index >= 15 is 0 Å². The van der Waals surface area contributed by atoms with Crippen molar-refractivity contribution in [3.05, 3.63) is 52.2 Å². The maximum absolute atomic E-state index is 13.8. The Morgan fingerprint density at radius 3 is 2.41 bits per heavy atom. The fourth-order valence-electron chi connectivity index (χ4n) is 4.44. The zero-order valence-corrected chi connectivity index (χ0v) is 20.7. The molecule has 10 nitrogen and oxygen atoms in total. The first-order chi connectivity index (χ1) is 17.5. The van der Waals surface area contributed by atoms with Gasteiger partial charge in [-0.2, -0.15) is 0 Å². The van der Waals surface area contributed by atoms with Gasteiger partial charge in [-0.15, -0.1) is 0 Å². The Kier molecular flexibility index (Phi) is 6.15. The molecule has 0 aliphatic carbocycles. The Balaban J connectivity index is 1.73. The molecule has 0 saturated carbocycles. The lowest BCUT2D eigenvalue weighted by molar-refractivity contribution is -0.268. The van der Waals surface area contributed by atoms with Crippen molar-refractivity contribution < 1.29 is 43.8 Å². The zero-order valence-electron chi connectivity index (χ0n) is 20.7. The number of hydrogen-bond donors (Lipinski definition) is 4. The van der Waals surface area contributed by atoms with Gasteiger partial charge in [0, 0.05) is 11.6 Å². The number of aliphatic hydroxyl groups is 3. The Morgan fingerprint density at radius 1 is 1.03 bits per heavy atom. The van der Waals surface area contributed by atoms with Crippen molar-refractivity contribution in [3.63, 3.8) is 0 Å². The van der Waals surface area contributed by atoms with Gasteiger partial charge in [-0.3, -0.25) is 4.79 Å². The third-order valence-corrected chi connectivity index (χ3v) is 6.52. The van der Waals surface area contributed by atoms with E-state index in [1.807, 2.05) is 19.9 Å². The molecule has 0 radical (unpaired) electrons. The van der Waals surface area contributed by atoms with E-state index in [4.69, 9.17) is 23.4 Å². The average molecular weight is 513 g/mol. The summed E-state index contributed by atoms with van der Waals surface area (Å²) in [6.45, 7) is 5.20. The number of fused-ring (bicyclic) bond motifs is 3. The molecule has 37 heavy (non-hydrogen) atoms. The van der Waals surface area contributed by atoms with Gasteiger partial charge in [0.15, 0.2) is 11.3 Å². The highest BCUT2D eigenvalue weighted by Gasteiger charge is 2.44. The molecule has 0 bridgehead atoms. The molecule has 2 aromatic carbocycles. The molecular weight excluding hydrogens is 484 g/mol. The minimum atomic E-state index is -1.67. The van der Waals surface area contributed by atoms with E-state index < -0.39 is 41.7 Å². The van der Waals surface area contributed by atoms with Crippen LogP contribution in [0.4, 0.5) is 0 Å². The van der Waals surface area contributed by atoms with Crippen LogP contribution in [-0.4, -0.2) is 63.8 Å². The lowest BCUT2D eigenvalue weighted by Gasteiger charge is -2.38. The van der Waals surface area contributed by atoms with Crippen molar-refractivity contribution >= 4 is 17.0 Å². The summed E-state index contributed by atoms with van der Waals surface area (Å²) in [5.74, 6) is 0.171. The molecule has 3 heterocycles. The predicted molar refractivity (Wildman–Crippen MR) is 133 cm³/mol. The molecule has 10 heteroatoms. The fourth-order valence-corrected chi connectivity index (χ4v) is 4.44. The Hall–Kier alpha value is -3.57. The Bertz CT molecular complexity index is 1420. The van der Waals surface area contributed by atoms with Gasteiger partial charge < -0.3 is 43.8 Å². The first-order valence-corrected chi connectivity index (χ1v) is 11.8. The van der Waals surface area contributed by atoms with Crippen LogP contribution in [-0.2, 0) is 4.74 Å². The van der Waals surface area contributed by atoms with Crippen LogP contribution in [0.25, 0.3) is 28.4 Å². The largest absolute Gasteiger partial charge is 0.507 e. The minimum Gasteiger partial charge on any atom is -0.507 e. The van der Waals surface area contributed by atoms with Gasteiger partial charge in [0.05, 0.1) is 18.8 Å². The summed E-state index contributed by atoms with van der Waals surface area (Å²) in [5, 5.41) is 41.4. The number of rotatable bonds is 4. The molecule has 2 aliphatic rings. The monoisotopic (exact) mass is 512 g/mol. The second-order valence-corrected chi connectivity index (χ2v) is 9.67. The molecule has 4 N–H and O–H groups in total. The van der Waals surface area contributed by atoms with E-state index in [-0.39, 0.29) is 28.2 Å². The highest BCUT2D eigenvalue weighted by atomic mass is 16.7. The summed E-state index contributed by atoms with van der Waals surface area (Å²) >= 11 is 0. The molecule has 5 rings (SSSR count). The summed E-state index contributed by atoms with van der Waals surface area (Å²) in [5.41, 5.74) is -0.377. The molecule has 3 aromatic rings. The minimum absolute atomic E-state index is 0.00440. The van der Waals surface area contributed by atoms with Crippen molar-refractivity contribution in [2.24, 2.45) is 0 Å². The molecule has 0 spiro atoms. The fraction of sp³-hybridized carbons (Fsp3) is 0.370. The molecule has 1 fully saturated rings. The van der Waals surface area contributed by atoms with Crippen molar-refractivity contribution in [1.29, 1.82) is 0 Å². The maximum Gasteiger partial charge on any atom is 0.239 e. The first-order valence-electron chi connectivity index (χ1n) is 11.8. The molecule has 1 saturated heterocycles. The van der Waals surface area contributed by atoms with Crippen LogP contribution < -0.4 is 19.6 Å². The first kappa shape index (κ1) is 25.1. The van der Waals surface area contributed by atoms with Gasteiger partial charge in [-0.05, 0) is 57.2 Å². The van der Waals surface area contributed by atoms with Crippen LogP contribution in [0.2, 0.25) is 0 Å². The highest BCUT2D eigenvalue weighted by molar-refractivity contribution is 5.95. The maximum atomic E-state index is 13.8. The molecule has 1 aromatic heterocycles. The van der Waals surface area contributed by atoms with E-state index in [2.05, 4.69) is 0 Å². The number of hydrogen-bond acceptors (Lipinski definition) is 10. The standard InChI is InChI=1S/C27H28O10/c1-12-19(29)21(31)22(32)26(34-12)36-25-20(30)18-16(28)11-17-15(9-10-27(2,3)37-17)24(18)35-23(25)13-5-7-14(33-4)8-6-13/h5-12,19,21-22,26,28-29,31-32H,1-4H3. The molecular formula is C27H28O10. The summed E-state index contributed by atoms with van der Waals surface area (Å²) in [6.07, 6.45) is -3.42. The molecule has 2 aliphatic heterocycles. The summed E-state index contributed by atoms with van der Waals surface area (Å²) in [4.78, 5) is 13.8. The van der Waals surface area contributed by atoms with Crippen molar-refractivity contribution in [2.75, 3.05) is 7.11 Å². The molecule has 0 amide bonds. The van der Waals surface area contributed by atoms with Gasteiger partial charge in [0.1, 0.15) is 46.5 Å². The van der Waals surface area contributed by atoms with E-state index in [0.717, 1.165) is 0 Å². The van der Waals surface area contributed by atoms with E-state index in [9.17, 15) is 25.2 Å². The van der Waals surface area contributed by atoms with Gasteiger partial charge in [-0.1, -0.05) is 0 Å². The summed E-state index contributed by atoms with van der Waals surface area (Å²) < 4.78 is 28.8. The number of phenols is 1. The quantitative estimate of drug-likeness (QED) is 0.411. The SMILES string of the molecule is COc1ccc(-c2oc3c4c(cc(O)c3c(=O)c2OC2OC(C)C(O)C(O)C2O)OC(C)(C)C=C4)cc1. The van der Waals surface area contributed by atoms with Gasteiger partial charge in [0.25, 0.3) is 0 Å². The van der Waals surface area contributed by atoms with Crippen LogP contribution in [0.3, 0.4) is 0 Å². The van der Waals surface area contributed by atoms with Gasteiger partial charge in [-0.25, -0.2) is 0 Å². The second-order valence-electron chi connectivity index (χ2n) is 9.67. The van der Waals surface area contributed by atoms with Crippen LogP contribution in [0.5, 0.6) is 23.0 Å². The number of ether oxygens (including phenoxy) is 4. The number of benzene rings is 2. The van der Waals surface area contributed by atoms with Crippen LogP contribution in [0.1, 0.15) is 26.3 Å². The van der Waals surface area contributed by atoms with Crippen molar-refractivity contribution in [1.82, 2.24) is 0 Å². The average Bonchev–Trinajstić information content (AvgIpc) is 2.86. The van der Waals surface area contributed by atoms with E-state index in [1.165, 1.54) is 20.1 Å². The lowest BCUT2D eigenvalue weighted by Crippen LogP contribution is -2.58. The van der Waals surface area contributed by atoms with Crippen LogP contribution in [0.15, 0.2) is 45.6 Å².